The van der Waals surface area contributed by atoms with Crippen molar-refractivity contribution < 1.29 is 19.0 Å². The average Bonchev–Trinajstić information content (AvgIpc) is 2.55. The zero-order valence-corrected chi connectivity index (χ0v) is 14.6. The van der Waals surface area contributed by atoms with Crippen molar-refractivity contribution in [2.45, 2.75) is 0 Å². The fraction of sp³-hybridized carbons (Fsp3) is 0.188. The van der Waals surface area contributed by atoms with E-state index in [1.807, 2.05) is 0 Å². The molecule has 0 bridgehead atoms. The third kappa shape index (κ3) is 4.22. The Morgan fingerprint density at radius 3 is 2.17 bits per heavy atom. The summed E-state index contributed by atoms with van der Waals surface area (Å²) >= 11 is 17.7. The third-order valence-corrected chi connectivity index (χ3v) is 4.06. The van der Waals surface area contributed by atoms with Crippen LogP contribution in [0.3, 0.4) is 0 Å². The second-order valence-electron chi connectivity index (χ2n) is 4.48. The van der Waals surface area contributed by atoms with Crippen LogP contribution < -0.4 is 14.2 Å². The van der Waals surface area contributed by atoms with Crippen LogP contribution in [-0.2, 0) is 0 Å². The van der Waals surface area contributed by atoms with Crippen LogP contribution in [0, 0.1) is 0 Å². The summed E-state index contributed by atoms with van der Waals surface area (Å²) in [4.78, 5) is 12.2. The second kappa shape index (κ2) is 7.77. The molecule has 0 N–H and O–H groups in total. The van der Waals surface area contributed by atoms with E-state index in [2.05, 4.69) is 0 Å². The predicted octanol–water partition coefficient (Wildman–Crippen LogP) is 4.93. The van der Waals surface area contributed by atoms with Crippen molar-refractivity contribution in [1.29, 1.82) is 0 Å². The van der Waals surface area contributed by atoms with Gasteiger partial charge in [-0.15, -0.1) is 0 Å². The smallest absolute Gasteiger partial charge is 0.200 e. The monoisotopic (exact) mass is 374 g/mol. The SMILES string of the molecule is COc1ccc(C(=O)COc2cc(Cl)c(Cl)cc2Cl)cc1OC. The molecule has 7 heteroatoms. The number of halogens is 3. The molecule has 4 nitrogen and oxygen atoms in total. The Morgan fingerprint density at radius 2 is 1.52 bits per heavy atom. The number of methoxy groups -OCH3 is 2. The van der Waals surface area contributed by atoms with Crippen LogP contribution in [0.1, 0.15) is 10.4 Å². The highest BCUT2D eigenvalue weighted by atomic mass is 35.5. The van der Waals surface area contributed by atoms with Crippen LogP contribution in [0.5, 0.6) is 17.2 Å². The molecule has 2 aromatic rings. The number of carbonyl (C=O) groups excluding carboxylic acids is 1. The van der Waals surface area contributed by atoms with Crippen molar-refractivity contribution in [1.82, 2.24) is 0 Å². The Bertz CT molecular complexity index is 732. The Balaban J connectivity index is 2.12. The van der Waals surface area contributed by atoms with E-state index in [4.69, 9.17) is 49.0 Å². The van der Waals surface area contributed by atoms with Crippen LogP contribution in [0.15, 0.2) is 30.3 Å². The summed E-state index contributed by atoms with van der Waals surface area (Å²) in [5.74, 6) is 1.05. The lowest BCUT2D eigenvalue weighted by atomic mass is 10.1. The van der Waals surface area contributed by atoms with Gasteiger partial charge in [0, 0.05) is 11.6 Å². The highest BCUT2D eigenvalue weighted by molar-refractivity contribution is 6.43. The minimum atomic E-state index is -0.243. The molecule has 2 rings (SSSR count). The van der Waals surface area contributed by atoms with E-state index in [1.165, 1.54) is 26.4 Å². The molecule has 0 saturated heterocycles. The Labute approximate surface area is 148 Å². The molecule has 0 heterocycles. The highest BCUT2D eigenvalue weighted by Gasteiger charge is 2.13. The number of rotatable bonds is 6. The lowest BCUT2D eigenvalue weighted by Gasteiger charge is -2.11. The van der Waals surface area contributed by atoms with Gasteiger partial charge in [-0.2, -0.15) is 0 Å². The number of ether oxygens (including phenoxy) is 3. The predicted molar refractivity (Wildman–Crippen MR) is 90.8 cm³/mol. The van der Waals surface area contributed by atoms with Crippen molar-refractivity contribution in [2.75, 3.05) is 20.8 Å². The summed E-state index contributed by atoms with van der Waals surface area (Å²) in [6.45, 7) is -0.201. The third-order valence-electron chi connectivity index (χ3n) is 3.04. The quantitative estimate of drug-likeness (QED) is 0.531. The van der Waals surface area contributed by atoms with Gasteiger partial charge < -0.3 is 14.2 Å². The average molecular weight is 376 g/mol. The summed E-state index contributed by atoms with van der Waals surface area (Å²) in [5.41, 5.74) is 0.429. The molecule has 0 aliphatic carbocycles. The van der Waals surface area contributed by atoms with Gasteiger partial charge in [-0.05, 0) is 24.3 Å². The largest absolute Gasteiger partial charge is 0.493 e. The first-order valence-corrected chi connectivity index (χ1v) is 7.62. The van der Waals surface area contributed by atoms with E-state index >= 15 is 0 Å². The van der Waals surface area contributed by atoms with E-state index in [0.717, 1.165) is 0 Å². The number of carbonyl (C=O) groups is 1. The Kier molecular flexibility index (Phi) is 5.99. The van der Waals surface area contributed by atoms with Crippen LogP contribution >= 0.6 is 34.8 Å². The van der Waals surface area contributed by atoms with Gasteiger partial charge in [0.2, 0.25) is 0 Å². The van der Waals surface area contributed by atoms with Crippen molar-refractivity contribution in [2.24, 2.45) is 0 Å². The fourth-order valence-electron chi connectivity index (χ4n) is 1.85. The van der Waals surface area contributed by atoms with Gasteiger partial charge >= 0.3 is 0 Å². The number of ketones is 1. The van der Waals surface area contributed by atoms with Gasteiger partial charge in [-0.3, -0.25) is 4.79 Å². The van der Waals surface area contributed by atoms with E-state index in [0.29, 0.717) is 27.1 Å². The lowest BCUT2D eigenvalue weighted by Crippen LogP contribution is -2.12. The van der Waals surface area contributed by atoms with Crippen LogP contribution in [0.2, 0.25) is 15.1 Å². The molecule has 0 atom stereocenters. The van der Waals surface area contributed by atoms with Crippen molar-refractivity contribution in [3.8, 4) is 17.2 Å². The topological polar surface area (TPSA) is 44.8 Å². The maximum Gasteiger partial charge on any atom is 0.200 e. The lowest BCUT2D eigenvalue weighted by molar-refractivity contribution is 0.0921. The van der Waals surface area contributed by atoms with Gasteiger partial charge in [-0.25, -0.2) is 0 Å². The molecule has 0 unspecified atom stereocenters. The van der Waals surface area contributed by atoms with Crippen molar-refractivity contribution >= 4 is 40.6 Å². The van der Waals surface area contributed by atoms with Crippen LogP contribution in [0.4, 0.5) is 0 Å². The van der Waals surface area contributed by atoms with E-state index in [-0.39, 0.29) is 23.2 Å². The molecule has 0 amide bonds. The molecule has 0 radical (unpaired) electrons. The van der Waals surface area contributed by atoms with Crippen molar-refractivity contribution in [3.05, 3.63) is 51.0 Å². The molecule has 0 aliphatic heterocycles. The molecule has 0 saturated carbocycles. The number of benzene rings is 2. The van der Waals surface area contributed by atoms with Gasteiger partial charge in [0.25, 0.3) is 0 Å². The normalized spacial score (nSPS) is 10.3. The first-order valence-electron chi connectivity index (χ1n) is 6.48. The Morgan fingerprint density at radius 1 is 0.870 bits per heavy atom. The van der Waals surface area contributed by atoms with E-state index < -0.39 is 0 Å². The minimum absolute atomic E-state index is 0.201. The summed E-state index contributed by atoms with van der Waals surface area (Å²) in [6, 6.07) is 7.79. The molecule has 0 spiro atoms. The van der Waals surface area contributed by atoms with Gasteiger partial charge in [0.05, 0.1) is 29.3 Å². The summed E-state index contributed by atoms with van der Waals surface area (Å²) in [6.07, 6.45) is 0. The zero-order chi connectivity index (χ0) is 17.0. The number of hydrogen-bond donors (Lipinski definition) is 0. The highest BCUT2D eigenvalue weighted by Crippen LogP contribution is 2.34. The first kappa shape index (κ1) is 17.7. The summed E-state index contributed by atoms with van der Waals surface area (Å²) in [5, 5.41) is 0.888. The fourth-order valence-corrected chi connectivity index (χ4v) is 2.44. The molecular formula is C16H13Cl3O4. The molecule has 0 aromatic heterocycles. The maximum atomic E-state index is 12.2. The minimum Gasteiger partial charge on any atom is -0.493 e. The number of hydrogen-bond acceptors (Lipinski definition) is 4. The first-order chi connectivity index (χ1) is 11.0. The van der Waals surface area contributed by atoms with Crippen LogP contribution in [-0.4, -0.2) is 26.6 Å². The van der Waals surface area contributed by atoms with Crippen LogP contribution in [0.25, 0.3) is 0 Å². The van der Waals surface area contributed by atoms with E-state index in [9.17, 15) is 4.79 Å². The van der Waals surface area contributed by atoms with Gasteiger partial charge in [-0.1, -0.05) is 34.8 Å². The molecule has 2 aromatic carbocycles. The standard InChI is InChI=1S/C16H13Cl3O4/c1-21-14-4-3-9(5-16(14)22-2)13(20)8-23-15-7-11(18)10(17)6-12(15)19/h3-7H,8H2,1-2H3. The zero-order valence-electron chi connectivity index (χ0n) is 12.4. The Hall–Kier alpha value is -1.62. The molecule has 122 valence electrons. The molecular weight excluding hydrogens is 363 g/mol. The van der Waals surface area contributed by atoms with Gasteiger partial charge in [0.15, 0.2) is 23.9 Å². The maximum absolute atomic E-state index is 12.2. The second-order valence-corrected chi connectivity index (χ2v) is 5.70. The molecule has 0 aliphatic rings. The molecule has 23 heavy (non-hydrogen) atoms. The summed E-state index contributed by atoms with van der Waals surface area (Å²) < 4.78 is 15.7. The van der Waals surface area contributed by atoms with Crippen molar-refractivity contribution in [3.63, 3.8) is 0 Å². The number of Topliss-reactive ketones (excluding diaryl/α,β-unsaturated/α-hetero) is 1. The van der Waals surface area contributed by atoms with E-state index in [1.54, 1.807) is 18.2 Å². The van der Waals surface area contributed by atoms with Gasteiger partial charge in [0.1, 0.15) is 5.75 Å². The molecule has 0 fully saturated rings. The summed E-state index contributed by atoms with van der Waals surface area (Å²) in [7, 11) is 3.02.